The molecule has 0 unspecified atom stereocenters. The average Bonchev–Trinajstić information content (AvgIpc) is 2.26. The van der Waals surface area contributed by atoms with E-state index in [1.807, 2.05) is 13.8 Å². The number of hydrogen-bond acceptors (Lipinski definition) is 3. The Morgan fingerprint density at radius 1 is 1.38 bits per heavy atom. The van der Waals surface area contributed by atoms with E-state index >= 15 is 0 Å². The number of carbonyl (C=O) groups is 1. The van der Waals surface area contributed by atoms with Crippen molar-refractivity contribution >= 4 is 5.91 Å². The van der Waals surface area contributed by atoms with Crippen LogP contribution >= 0.6 is 0 Å². The molecule has 1 amide bonds. The number of nitrogens with one attached hydrogen (secondary N) is 1. The van der Waals surface area contributed by atoms with Gasteiger partial charge in [0.2, 0.25) is 5.91 Å². The Bertz CT molecular complexity index is 223. The largest absolute Gasteiger partial charge is 0.393 e. The summed E-state index contributed by atoms with van der Waals surface area (Å²) in [6, 6.07) is -0.408. The number of hydrogen-bond donors (Lipinski definition) is 3. The molecule has 1 aliphatic rings. The molecule has 0 aromatic rings. The maximum Gasteiger partial charge on any atom is 0.237 e. The van der Waals surface area contributed by atoms with E-state index in [9.17, 15) is 9.90 Å². The van der Waals surface area contributed by atoms with Gasteiger partial charge in [-0.05, 0) is 37.5 Å². The van der Waals surface area contributed by atoms with Crippen LogP contribution in [0.4, 0.5) is 0 Å². The molecule has 4 nitrogen and oxygen atoms in total. The van der Waals surface area contributed by atoms with Gasteiger partial charge in [0.15, 0.2) is 0 Å². The van der Waals surface area contributed by atoms with Crippen molar-refractivity contribution in [2.45, 2.75) is 51.7 Å². The molecule has 0 spiro atoms. The number of carbonyl (C=O) groups excluding carboxylic acids is 1. The van der Waals surface area contributed by atoms with Crippen molar-refractivity contribution in [3.05, 3.63) is 0 Å². The van der Waals surface area contributed by atoms with Gasteiger partial charge in [0.05, 0.1) is 12.1 Å². The van der Waals surface area contributed by atoms with Crippen molar-refractivity contribution in [2.75, 3.05) is 6.54 Å². The van der Waals surface area contributed by atoms with Crippen LogP contribution in [0.3, 0.4) is 0 Å². The summed E-state index contributed by atoms with van der Waals surface area (Å²) < 4.78 is 0. The third-order valence-electron chi connectivity index (χ3n) is 3.40. The Morgan fingerprint density at radius 2 is 1.94 bits per heavy atom. The van der Waals surface area contributed by atoms with Gasteiger partial charge in [0, 0.05) is 6.54 Å². The first-order chi connectivity index (χ1) is 7.50. The van der Waals surface area contributed by atoms with Crippen LogP contribution in [0.25, 0.3) is 0 Å². The molecule has 1 saturated carbocycles. The molecule has 4 heteroatoms. The first kappa shape index (κ1) is 13.5. The normalized spacial score (nSPS) is 27.8. The molecule has 1 aliphatic carbocycles. The Kier molecular flexibility index (Phi) is 5.22. The van der Waals surface area contributed by atoms with Gasteiger partial charge in [-0.2, -0.15) is 0 Å². The molecule has 1 atom stereocenters. The molecule has 0 heterocycles. The van der Waals surface area contributed by atoms with Gasteiger partial charge in [0.25, 0.3) is 0 Å². The second-order valence-electron chi connectivity index (χ2n) is 5.19. The van der Waals surface area contributed by atoms with Crippen LogP contribution in [0.15, 0.2) is 0 Å². The summed E-state index contributed by atoms with van der Waals surface area (Å²) in [5.41, 5.74) is 5.75. The number of nitrogens with two attached hydrogens (primary N) is 1. The zero-order valence-electron chi connectivity index (χ0n) is 10.3. The number of rotatable bonds is 4. The van der Waals surface area contributed by atoms with E-state index in [-0.39, 0.29) is 17.9 Å². The highest BCUT2D eigenvalue weighted by molar-refractivity contribution is 5.81. The summed E-state index contributed by atoms with van der Waals surface area (Å²) in [5.74, 6) is 0.626. The summed E-state index contributed by atoms with van der Waals surface area (Å²) in [6.45, 7) is 4.59. The summed E-state index contributed by atoms with van der Waals surface area (Å²) >= 11 is 0. The summed E-state index contributed by atoms with van der Waals surface area (Å²) in [7, 11) is 0. The lowest BCUT2D eigenvalue weighted by Crippen LogP contribution is -2.45. The number of aliphatic hydroxyl groups excluding tert-OH is 1. The van der Waals surface area contributed by atoms with E-state index in [1.165, 1.54) is 0 Å². The summed E-state index contributed by atoms with van der Waals surface area (Å²) in [6.07, 6.45) is 3.58. The molecule has 0 bridgehead atoms. The Morgan fingerprint density at radius 3 is 2.44 bits per heavy atom. The van der Waals surface area contributed by atoms with Gasteiger partial charge in [-0.3, -0.25) is 4.79 Å². The highest BCUT2D eigenvalue weighted by Gasteiger charge is 2.22. The molecule has 0 aromatic heterocycles. The number of amides is 1. The van der Waals surface area contributed by atoms with Crippen LogP contribution in [-0.2, 0) is 4.79 Å². The second-order valence-corrected chi connectivity index (χ2v) is 5.19. The Labute approximate surface area is 97.6 Å². The van der Waals surface area contributed by atoms with Crippen molar-refractivity contribution in [3.8, 4) is 0 Å². The van der Waals surface area contributed by atoms with E-state index < -0.39 is 6.04 Å². The van der Waals surface area contributed by atoms with Crippen LogP contribution in [0.5, 0.6) is 0 Å². The van der Waals surface area contributed by atoms with E-state index in [4.69, 9.17) is 5.73 Å². The molecule has 16 heavy (non-hydrogen) atoms. The van der Waals surface area contributed by atoms with E-state index in [1.54, 1.807) is 0 Å². The van der Waals surface area contributed by atoms with Crippen molar-refractivity contribution in [1.82, 2.24) is 5.32 Å². The molecule has 0 aromatic carbocycles. The van der Waals surface area contributed by atoms with Crippen LogP contribution in [0.1, 0.15) is 39.5 Å². The molecule has 94 valence electrons. The fourth-order valence-electron chi connectivity index (χ4n) is 2.01. The van der Waals surface area contributed by atoms with Gasteiger partial charge in [0.1, 0.15) is 0 Å². The molecule has 0 radical (unpaired) electrons. The third kappa shape index (κ3) is 4.10. The second kappa shape index (κ2) is 6.21. The minimum atomic E-state index is -0.408. The van der Waals surface area contributed by atoms with Crippen molar-refractivity contribution in [1.29, 1.82) is 0 Å². The quantitative estimate of drug-likeness (QED) is 0.661. The lowest BCUT2D eigenvalue weighted by molar-refractivity contribution is -0.123. The van der Waals surface area contributed by atoms with Crippen LogP contribution < -0.4 is 11.1 Å². The summed E-state index contributed by atoms with van der Waals surface area (Å²) in [5, 5.41) is 12.3. The van der Waals surface area contributed by atoms with Crippen molar-refractivity contribution in [3.63, 3.8) is 0 Å². The zero-order valence-corrected chi connectivity index (χ0v) is 10.3. The van der Waals surface area contributed by atoms with E-state index in [0.717, 1.165) is 25.7 Å². The van der Waals surface area contributed by atoms with Crippen molar-refractivity contribution in [2.24, 2.45) is 17.6 Å². The van der Waals surface area contributed by atoms with Gasteiger partial charge in [-0.15, -0.1) is 0 Å². The highest BCUT2D eigenvalue weighted by Crippen LogP contribution is 2.23. The van der Waals surface area contributed by atoms with Crippen LogP contribution in [0, 0.1) is 11.8 Å². The van der Waals surface area contributed by atoms with Gasteiger partial charge < -0.3 is 16.2 Å². The lowest BCUT2D eigenvalue weighted by atomic mass is 9.87. The molecule has 0 aliphatic heterocycles. The number of aliphatic hydroxyl groups is 1. The lowest BCUT2D eigenvalue weighted by Gasteiger charge is -2.26. The SMILES string of the molecule is CC(C)[C@@H](N)C(=O)NCC1CCC(O)CC1. The monoisotopic (exact) mass is 228 g/mol. The Balaban J connectivity index is 2.22. The third-order valence-corrected chi connectivity index (χ3v) is 3.40. The summed E-state index contributed by atoms with van der Waals surface area (Å²) in [4.78, 5) is 11.6. The van der Waals surface area contributed by atoms with E-state index in [2.05, 4.69) is 5.32 Å². The molecular weight excluding hydrogens is 204 g/mol. The maximum absolute atomic E-state index is 11.6. The molecule has 1 fully saturated rings. The predicted octanol–water partition coefficient (Wildman–Crippen LogP) is 0.637. The first-order valence-corrected chi connectivity index (χ1v) is 6.22. The van der Waals surface area contributed by atoms with Gasteiger partial charge in [-0.1, -0.05) is 13.8 Å². The first-order valence-electron chi connectivity index (χ1n) is 6.22. The Hall–Kier alpha value is -0.610. The molecule has 1 rings (SSSR count). The van der Waals surface area contributed by atoms with E-state index in [0.29, 0.717) is 12.5 Å². The predicted molar refractivity (Wildman–Crippen MR) is 63.8 cm³/mol. The van der Waals surface area contributed by atoms with Crippen LogP contribution in [-0.4, -0.2) is 29.7 Å². The van der Waals surface area contributed by atoms with Gasteiger partial charge in [-0.25, -0.2) is 0 Å². The molecule has 0 saturated heterocycles. The average molecular weight is 228 g/mol. The maximum atomic E-state index is 11.6. The molecule has 4 N–H and O–H groups in total. The smallest absolute Gasteiger partial charge is 0.237 e. The van der Waals surface area contributed by atoms with Crippen molar-refractivity contribution < 1.29 is 9.90 Å². The topological polar surface area (TPSA) is 75.4 Å². The van der Waals surface area contributed by atoms with Crippen LogP contribution in [0.2, 0.25) is 0 Å². The highest BCUT2D eigenvalue weighted by atomic mass is 16.3. The minimum Gasteiger partial charge on any atom is -0.393 e. The molecular formula is C12H24N2O2. The van der Waals surface area contributed by atoms with Gasteiger partial charge >= 0.3 is 0 Å². The standard InChI is InChI=1S/C12H24N2O2/c1-8(2)11(13)12(16)14-7-9-3-5-10(15)6-4-9/h8-11,15H,3-7,13H2,1-2H3,(H,14,16)/t9?,10?,11-/m1/s1. The zero-order chi connectivity index (χ0) is 12.1. The fraction of sp³-hybridized carbons (Fsp3) is 0.917. The minimum absolute atomic E-state index is 0.0545. The fourth-order valence-corrected chi connectivity index (χ4v) is 2.01.